The molecule has 2 N–H and O–H groups in total. The van der Waals surface area contributed by atoms with Gasteiger partial charge in [-0.25, -0.2) is 4.98 Å². The van der Waals surface area contributed by atoms with Crippen LogP contribution in [0.2, 0.25) is 0 Å². The number of aromatic nitrogens is 2. The molecule has 1 unspecified atom stereocenters. The molecule has 2 rings (SSSR count). The summed E-state index contributed by atoms with van der Waals surface area (Å²) in [6.07, 6.45) is 1.63. The second-order valence-corrected chi connectivity index (χ2v) is 5.09. The van der Waals surface area contributed by atoms with Crippen molar-refractivity contribution in [2.24, 2.45) is 0 Å². The van der Waals surface area contributed by atoms with E-state index in [1.165, 1.54) is 11.3 Å². The number of hydrogen-bond acceptors (Lipinski definition) is 5. The molecule has 1 amide bonds. The molecular weight excluding hydrogens is 260 g/mol. The van der Waals surface area contributed by atoms with Crippen LogP contribution in [0.3, 0.4) is 0 Å². The summed E-state index contributed by atoms with van der Waals surface area (Å²) in [7, 11) is 1.88. The highest BCUT2D eigenvalue weighted by atomic mass is 32.1. The van der Waals surface area contributed by atoms with E-state index in [1.807, 2.05) is 26.3 Å². The van der Waals surface area contributed by atoms with Gasteiger partial charge >= 0.3 is 0 Å². The first kappa shape index (κ1) is 13.6. The number of nitrogens with one attached hydrogen (secondary N) is 2. The van der Waals surface area contributed by atoms with E-state index in [4.69, 9.17) is 0 Å². The number of pyridine rings is 1. The number of rotatable bonds is 4. The Bertz CT molecular complexity index is 582. The van der Waals surface area contributed by atoms with Gasteiger partial charge in [-0.1, -0.05) is 0 Å². The van der Waals surface area contributed by atoms with E-state index in [0.29, 0.717) is 10.7 Å². The maximum absolute atomic E-state index is 12.0. The molecule has 0 saturated heterocycles. The smallest absolute Gasteiger partial charge is 0.257 e. The van der Waals surface area contributed by atoms with Gasteiger partial charge in [0.1, 0.15) is 0 Å². The Labute approximate surface area is 116 Å². The molecule has 0 saturated carbocycles. The summed E-state index contributed by atoms with van der Waals surface area (Å²) in [5.41, 5.74) is 2.33. The van der Waals surface area contributed by atoms with Gasteiger partial charge in [-0.2, -0.15) is 0 Å². The predicted molar refractivity (Wildman–Crippen MR) is 76.5 cm³/mol. The first-order valence-electron chi connectivity index (χ1n) is 5.97. The van der Waals surface area contributed by atoms with Crippen molar-refractivity contribution >= 4 is 22.4 Å². The normalized spacial score (nSPS) is 12.2. The lowest BCUT2D eigenvalue weighted by Crippen LogP contribution is -2.14. The molecule has 0 spiro atoms. The fourth-order valence-electron chi connectivity index (χ4n) is 1.55. The Hall–Kier alpha value is -1.79. The number of nitrogens with zero attached hydrogens (tertiary/aromatic N) is 2. The second-order valence-electron chi connectivity index (χ2n) is 4.23. The van der Waals surface area contributed by atoms with Crippen LogP contribution in [0.4, 0.5) is 5.13 Å². The monoisotopic (exact) mass is 276 g/mol. The third kappa shape index (κ3) is 3.36. The number of aryl methyl sites for hydroxylation is 1. The quantitative estimate of drug-likeness (QED) is 0.899. The molecule has 2 heterocycles. The molecule has 0 fully saturated rings. The Morgan fingerprint density at radius 1 is 1.47 bits per heavy atom. The summed E-state index contributed by atoms with van der Waals surface area (Å²) in [4.78, 5) is 20.5. The summed E-state index contributed by atoms with van der Waals surface area (Å²) >= 11 is 1.42. The lowest BCUT2D eigenvalue weighted by Gasteiger charge is -2.05. The van der Waals surface area contributed by atoms with Crippen LogP contribution >= 0.6 is 11.3 Å². The largest absolute Gasteiger partial charge is 0.312 e. The molecular formula is C13H16N4OS. The van der Waals surface area contributed by atoms with Gasteiger partial charge in [-0.3, -0.25) is 15.1 Å². The van der Waals surface area contributed by atoms with Crippen LogP contribution in [-0.2, 0) is 0 Å². The molecule has 6 heteroatoms. The van der Waals surface area contributed by atoms with Gasteiger partial charge in [0.25, 0.3) is 5.91 Å². The molecule has 0 bridgehead atoms. The maximum atomic E-state index is 12.0. The predicted octanol–water partition coefficient (Wildman–Crippen LogP) is 2.38. The van der Waals surface area contributed by atoms with E-state index in [1.54, 1.807) is 18.3 Å². The lowest BCUT2D eigenvalue weighted by atomic mass is 10.2. The molecule has 0 radical (unpaired) electrons. The Balaban J connectivity index is 2.09. The minimum atomic E-state index is -0.163. The van der Waals surface area contributed by atoms with E-state index >= 15 is 0 Å². The summed E-state index contributed by atoms with van der Waals surface area (Å²) < 4.78 is 0. The zero-order valence-electron chi connectivity index (χ0n) is 11.1. The average molecular weight is 276 g/mol. The van der Waals surface area contributed by atoms with Crippen LogP contribution < -0.4 is 10.6 Å². The van der Waals surface area contributed by atoms with Crippen molar-refractivity contribution in [3.63, 3.8) is 0 Å². The standard InChI is InChI=1S/C13H16N4OS/c1-8-6-10(4-5-15-8)12(18)17-13-16-11(7-19-13)9(2)14-3/h4-7,9,14H,1-3H3,(H,16,17,18). The zero-order valence-corrected chi connectivity index (χ0v) is 11.9. The molecule has 2 aromatic heterocycles. The highest BCUT2D eigenvalue weighted by Gasteiger charge is 2.11. The minimum Gasteiger partial charge on any atom is -0.312 e. The van der Waals surface area contributed by atoms with Crippen molar-refractivity contribution in [1.82, 2.24) is 15.3 Å². The first-order valence-corrected chi connectivity index (χ1v) is 6.85. The van der Waals surface area contributed by atoms with Gasteiger partial charge in [-0.15, -0.1) is 11.3 Å². The fraction of sp³-hybridized carbons (Fsp3) is 0.308. The van der Waals surface area contributed by atoms with Gasteiger partial charge in [0.2, 0.25) is 0 Å². The van der Waals surface area contributed by atoms with Crippen molar-refractivity contribution in [2.75, 3.05) is 12.4 Å². The molecule has 5 nitrogen and oxygen atoms in total. The summed E-state index contributed by atoms with van der Waals surface area (Å²) in [5, 5.41) is 8.45. The third-order valence-electron chi connectivity index (χ3n) is 2.78. The fourth-order valence-corrected chi connectivity index (χ4v) is 2.35. The van der Waals surface area contributed by atoms with Crippen molar-refractivity contribution in [1.29, 1.82) is 0 Å². The molecule has 100 valence electrons. The highest BCUT2D eigenvalue weighted by Crippen LogP contribution is 2.20. The van der Waals surface area contributed by atoms with Crippen LogP contribution in [0.5, 0.6) is 0 Å². The van der Waals surface area contributed by atoms with E-state index in [-0.39, 0.29) is 11.9 Å². The molecule has 0 aliphatic carbocycles. The molecule has 0 aromatic carbocycles. The van der Waals surface area contributed by atoms with Crippen LogP contribution in [-0.4, -0.2) is 22.9 Å². The zero-order chi connectivity index (χ0) is 13.8. The summed E-state index contributed by atoms with van der Waals surface area (Å²) in [6.45, 7) is 3.87. The Kier molecular flexibility index (Phi) is 4.24. The van der Waals surface area contributed by atoms with E-state index in [2.05, 4.69) is 20.6 Å². The average Bonchev–Trinajstić information content (AvgIpc) is 2.86. The molecule has 19 heavy (non-hydrogen) atoms. The van der Waals surface area contributed by atoms with Crippen molar-refractivity contribution in [3.8, 4) is 0 Å². The van der Waals surface area contributed by atoms with Gasteiger partial charge in [0.15, 0.2) is 5.13 Å². The third-order valence-corrected chi connectivity index (χ3v) is 3.55. The number of carbonyl (C=O) groups is 1. The second kappa shape index (κ2) is 5.90. The molecule has 0 aliphatic rings. The van der Waals surface area contributed by atoms with Crippen molar-refractivity contribution in [2.45, 2.75) is 19.9 Å². The Morgan fingerprint density at radius 2 is 2.26 bits per heavy atom. The molecule has 0 aliphatic heterocycles. The maximum Gasteiger partial charge on any atom is 0.257 e. The first-order chi connectivity index (χ1) is 9.10. The van der Waals surface area contributed by atoms with Gasteiger partial charge in [0, 0.05) is 28.9 Å². The molecule has 2 aromatic rings. The van der Waals surface area contributed by atoms with Crippen LogP contribution in [0.15, 0.2) is 23.7 Å². The highest BCUT2D eigenvalue weighted by molar-refractivity contribution is 7.14. The SMILES string of the molecule is CNC(C)c1csc(NC(=O)c2ccnc(C)c2)n1. The van der Waals surface area contributed by atoms with Crippen LogP contribution in [0.25, 0.3) is 0 Å². The van der Waals surface area contributed by atoms with Crippen molar-refractivity contribution in [3.05, 3.63) is 40.7 Å². The molecule has 1 atom stereocenters. The summed E-state index contributed by atoms with van der Waals surface area (Å²) in [5.74, 6) is -0.163. The lowest BCUT2D eigenvalue weighted by molar-refractivity contribution is 0.102. The number of hydrogen-bond donors (Lipinski definition) is 2. The Morgan fingerprint density at radius 3 is 2.95 bits per heavy atom. The number of carbonyl (C=O) groups excluding carboxylic acids is 1. The van der Waals surface area contributed by atoms with E-state index < -0.39 is 0 Å². The van der Waals surface area contributed by atoms with Crippen LogP contribution in [0, 0.1) is 6.92 Å². The number of thiazole rings is 1. The summed E-state index contributed by atoms with van der Waals surface area (Å²) in [6, 6.07) is 3.61. The minimum absolute atomic E-state index is 0.163. The van der Waals surface area contributed by atoms with Gasteiger partial charge in [-0.05, 0) is 33.0 Å². The van der Waals surface area contributed by atoms with E-state index in [9.17, 15) is 4.79 Å². The van der Waals surface area contributed by atoms with Gasteiger partial charge in [0.05, 0.1) is 5.69 Å². The number of amides is 1. The van der Waals surface area contributed by atoms with E-state index in [0.717, 1.165) is 11.4 Å². The van der Waals surface area contributed by atoms with Gasteiger partial charge < -0.3 is 5.32 Å². The topological polar surface area (TPSA) is 66.9 Å². The van der Waals surface area contributed by atoms with Crippen LogP contribution in [0.1, 0.15) is 34.7 Å². The van der Waals surface area contributed by atoms with Crippen molar-refractivity contribution < 1.29 is 4.79 Å². The number of anilines is 1.